The first kappa shape index (κ1) is 19.4. The maximum absolute atomic E-state index is 14.0. The van der Waals surface area contributed by atoms with Gasteiger partial charge in [-0.3, -0.25) is 9.36 Å². The highest BCUT2D eigenvalue weighted by atomic mass is 35.5. The Morgan fingerprint density at radius 1 is 1.26 bits per heavy atom. The van der Waals surface area contributed by atoms with E-state index in [0.717, 1.165) is 35.9 Å². The van der Waals surface area contributed by atoms with Gasteiger partial charge in [0.2, 0.25) is 5.91 Å². The van der Waals surface area contributed by atoms with Crippen molar-refractivity contribution in [2.24, 2.45) is 0 Å². The molecule has 3 aromatic heterocycles. The van der Waals surface area contributed by atoms with Crippen LogP contribution in [-0.2, 0) is 11.2 Å². The standard InChI is InChI=1S/C22H18ClFN6O/c1-11(31)27-17-5-2-12-8-14(3-4-15(12)17)30-21(16-9-13(24)10-26-20(16)25)28-18-6-7-19(23)29-22(18)30/h3-4,6-10,17H,2,5H2,1H3,(H2,25,26)(H,27,31)/t17-/m0/s1. The minimum absolute atomic E-state index is 0.00353. The molecule has 31 heavy (non-hydrogen) atoms. The molecule has 4 aromatic rings. The maximum atomic E-state index is 14.0. The van der Waals surface area contributed by atoms with E-state index in [9.17, 15) is 9.18 Å². The number of imidazole rings is 1. The summed E-state index contributed by atoms with van der Waals surface area (Å²) in [5.74, 6) is 0.0141. The zero-order valence-corrected chi connectivity index (χ0v) is 17.3. The minimum atomic E-state index is -0.513. The number of carbonyl (C=O) groups excluding carboxylic acids is 1. The van der Waals surface area contributed by atoms with E-state index < -0.39 is 5.82 Å². The van der Waals surface area contributed by atoms with Crippen LogP contribution in [0.25, 0.3) is 28.2 Å². The van der Waals surface area contributed by atoms with Gasteiger partial charge in [0.25, 0.3) is 0 Å². The molecule has 1 atom stereocenters. The van der Waals surface area contributed by atoms with Crippen molar-refractivity contribution in [3.8, 4) is 17.1 Å². The SMILES string of the molecule is CC(=O)N[C@H]1CCc2cc(-n3c(-c4cc(F)cnc4N)nc4ccc(Cl)nc43)ccc21. The largest absolute Gasteiger partial charge is 0.383 e. The molecular weight excluding hydrogens is 419 g/mol. The van der Waals surface area contributed by atoms with Gasteiger partial charge in [0.05, 0.1) is 17.8 Å². The Labute approximate surface area is 182 Å². The number of halogens is 2. The molecule has 0 fully saturated rings. The molecule has 0 aliphatic heterocycles. The van der Waals surface area contributed by atoms with Gasteiger partial charge in [0.1, 0.15) is 22.3 Å². The number of benzene rings is 1. The fraction of sp³-hybridized carbons (Fsp3) is 0.182. The highest BCUT2D eigenvalue weighted by Crippen LogP contribution is 2.36. The molecule has 5 rings (SSSR count). The van der Waals surface area contributed by atoms with E-state index in [-0.39, 0.29) is 17.8 Å². The van der Waals surface area contributed by atoms with Crippen LogP contribution in [0.2, 0.25) is 5.15 Å². The topological polar surface area (TPSA) is 98.7 Å². The third-order valence-corrected chi connectivity index (χ3v) is 5.65. The summed E-state index contributed by atoms with van der Waals surface area (Å²) >= 11 is 6.16. The first-order chi connectivity index (χ1) is 14.9. The lowest BCUT2D eigenvalue weighted by molar-refractivity contribution is -0.119. The fourth-order valence-corrected chi connectivity index (χ4v) is 4.27. The predicted octanol–water partition coefficient (Wildman–Crippen LogP) is 3.98. The quantitative estimate of drug-likeness (QED) is 0.473. The summed E-state index contributed by atoms with van der Waals surface area (Å²) in [7, 11) is 0. The number of nitrogens with two attached hydrogens (primary N) is 1. The van der Waals surface area contributed by atoms with Crippen molar-refractivity contribution in [3.05, 3.63) is 64.7 Å². The van der Waals surface area contributed by atoms with E-state index in [4.69, 9.17) is 17.3 Å². The molecule has 1 aliphatic rings. The van der Waals surface area contributed by atoms with Crippen LogP contribution < -0.4 is 11.1 Å². The van der Waals surface area contributed by atoms with E-state index in [1.165, 1.54) is 13.0 Å². The van der Waals surface area contributed by atoms with Crippen LogP contribution in [0, 0.1) is 5.82 Å². The predicted molar refractivity (Wildman–Crippen MR) is 116 cm³/mol. The van der Waals surface area contributed by atoms with Crippen molar-refractivity contribution in [2.45, 2.75) is 25.8 Å². The van der Waals surface area contributed by atoms with Crippen molar-refractivity contribution in [3.63, 3.8) is 0 Å². The Balaban J connectivity index is 1.72. The van der Waals surface area contributed by atoms with Crippen molar-refractivity contribution < 1.29 is 9.18 Å². The average molecular weight is 437 g/mol. The summed E-state index contributed by atoms with van der Waals surface area (Å²) in [6, 6.07) is 10.7. The van der Waals surface area contributed by atoms with E-state index in [1.54, 1.807) is 16.7 Å². The molecule has 0 saturated carbocycles. The number of pyridine rings is 2. The molecule has 0 unspecified atom stereocenters. The Kier molecular flexibility index (Phi) is 4.59. The third-order valence-electron chi connectivity index (χ3n) is 5.44. The number of amides is 1. The smallest absolute Gasteiger partial charge is 0.217 e. The highest BCUT2D eigenvalue weighted by molar-refractivity contribution is 6.29. The molecule has 1 amide bonds. The number of anilines is 1. The Morgan fingerprint density at radius 3 is 2.90 bits per heavy atom. The monoisotopic (exact) mass is 436 g/mol. The molecule has 7 nitrogen and oxygen atoms in total. The summed E-state index contributed by atoms with van der Waals surface area (Å²) in [5, 5.41) is 3.30. The first-order valence-corrected chi connectivity index (χ1v) is 10.1. The van der Waals surface area contributed by atoms with Gasteiger partial charge in [0.15, 0.2) is 11.5 Å². The number of fused-ring (bicyclic) bond motifs is 2. The molecule has 156 valence electrons. The number of nitrogens with zero attached hydrogens (tertiary/aromatic N) is 4. The number of nitrogens with one attached hydrogen (secondary N) is 1. The van der Waals surface area contributed by atoms with Crippen molar-refractivity contribution in [2.75, 3.05) is 5.73 Å². The third kappa shape index (κ3) is 3.38. The van der Waals surface area contributed by atoms with E-state index in [2.05, 4.69) is 20.3 Å². The van der Waals surface area contributed by atoms with Crippen molar-refractivity contribution in [1.82, 2.24) is 24.8 Å². The Morgan fingerprint density at radius 2 is 2.10 bits per heavy atom. The zero-order valence-electron chi connectivity index (χ0n) is 16.6. The van der Waals surface area contributed by atoms with Gasteiger partial charge in [-0.2, -0.15) is 0 Å². The van der Waals surface area contributed by atoms with Gasteiger partial charge < -0.3 is 11.1 Å². The molecule has 9 heteroatoms. The first-order valence-electron chi connectivity index (χ1n) is 9.77. The molecule has 1 aliphatic carbocycles. The van der Waals surface area contributed by atoms with Crippen LogP contribution in [0.15, 0.2) is 42.6 Å². The van der Waals surface area contributed by atoms with E-state index >= 15 is 0 Å². The fourth-order valence-electron chi connectivity index (χ4n) is 4.13. The normalized spacial score (nSPS) is 15.3. The van der Waals surface area contributed by atoms with Gasteiger partial charge in [-0.15, -0.1) is 0 Å². The molecule has 0 radical (unpaired) electrons. The number of hydrogen-bond donors (Lipinski definition) is 2. The zero-order chi connectivity index (χ0) is 21.7. The summed E-state index contributed by atoms with van der Waals surface area (Å²) < 4.78 is 15.8. The van der Waals surface area contributed by atoms with E-state index in [1.807, 2.05) is 18.2 Å². The van der Waals surface area contributed by atoms with Crippen molar-refractivity contribution >= 4 is 34.5 Å². The lowest BCUT2D eigenvalue weighted by Gasteiger charge is -2.14. The summed E-state index contributed by atoms with van der Waals surface area (Å²) in [5.41, 5.74) is 10.5. The molecule has 1 aromatic carbocycles. The number of nitrogen functional groups attached to an aromatic ring is 1. The molecule has 0 bridgehead atoms. The van der Waals surface area contributed by atoms with E-state index in [0.29, 0.717) is 27.7 Å². The summed E-state index contributed by atoms with van der Waals surface area (Å²) in [6.07, 6.45) is 2.73. The lowest BCUT2D eigenvalue weighted by atomic mass is 10.1. The minimum Gasteiger partial charge on any atom is -0.383 e. The lowest BCUT2D eigenvalue weighted by Crippen LogP contribution is -2.24. The molecular formula is C22H18ClFN6O. The van der Waals surface area contributed by atoms with Crippen molar-refractivity contribution in [1.29, 1.82) is 0 Å². The molecule has 3 N–H and O–H groups in total. The Hall–Kier alpha value is -3.52. The van der Waals surface area contributed by atoms with Crippen LogP contribution in [0.1, 0.15) is 30.5 Å². The molecule has 3 heterocycles. The van der Waals surface area contributed by atoms with Crippen LogP contribution in [-0.4, -0.2) is 25.4 Å². The van der Waals surface area contributed by atoms with Crippen LogP contribution in [0.3, 0.4) is 0 Å². The molecule has 0 saturated heterocycles. The number of carbonyl (C=O) groups is 1. The molecule has 0 spiro atoms. The van der Waals surface area contributed by atoms with Crippen LogP contribution in [0.4, 0.5) is 10.2 Å². The van der Waals surface area contributed by atoms with Gasteiger partial charge in [-0.05, 0) is 54.3 Å². The van der Waals surface area contributed by atoms with Gasteiger partial charge >= 0.3 is 0 Å². The number of aryl methyl sites for hydroxylation is 1. The second-order valence-electron chi connectivity index (χ2n) is 7.51. The maximum Gasteiger partial charge on any atom is 0.217 e. The van der Waals surface area contributed by atoms with Crippen LogP contribution in [0.5, 0.6) is 0 Å². The summed E-state index contributed by atoms with van der Waals surface area (Å²) in [4.78, 5) is 24.5. The van der Waals surface area contributed by atoms with Gasteiger partial charge in [-0.1, -0.05) is 17.7 Å². The number of rotatable bonds is 3. The second-order valence-corrected chi connectivity index (χ2v) is 7.90. The second kappa shape index (κ2) is 7.31. The Bertz CT molecular complexity index is 1350. The summed E-state index contributed by atoms with van der Waals surface area (Å²) in [6.45, 7) is 1.52. The van der Waals surface area contributed by atoms with Crippen LogP contribution >= 0.6 is 11.6 Å². The average Bonchev–Trinajstić information content (AvgIpc) is 3.30. The van der Waals surface area contributed by atoms with Gasteiger partial charge in [-0.25, -0.2) is 19.3 Å². The highest BCUT2D eigenvalue weighted by Gasteiger charge is 2.25. The number of hydrogen-bond acceptors (Lipinski definition) is 5. The van der Waals surface area contributed by atoms with Gasteiger partial charge in [0, 0.05) is 12.6 Å². The number of aromatic nitrogens is 4.